The van der Waals surface area contributed by atoms with Crippen LogP contribution in [0.25, 0.3) is 0 Å². The first-order valence-corrected chi connectivity index (χ1v) is 12.0. The second-order valence-electron chi connectivity index (χ2n) is 11.1. The molecule has 1 saturated heterocycles. The van der Waals surface area contributed by atoms with Crippen LogP contribution in [0.5, 0.6) is 0 Å². The second-order valence-corrected chi connectivity index (χ2v) is 11.1. The smallest absolute Gasteiger partial charge is 0.407 e. The molecule has 2 amide bonds. The van der Waals surface area contributed by atoms with Crippen molar-refractivity contribution >= 4 is 12.0 Å². The van der Waals surface area contributed by atoms with Gasteiger partial charge in [-0.3, -0.25) is 9.53 Å². The molecule has 32 heavy (non-hydrogen) atoms. The van der Waals surface area contributed by atoms with Crippen LogP contribution in [0.3, 0.4) is 0 Å². The zero-order chi connectivity index (χ0) is 23.2. The molecule has 1 aliphatic heterocycles. The lowest BCUT2D eigenvalue weighted by molar-refractivity contribution is -0.417. The van der Waals surface area contributed by atoms with Crippen LogP contribution in [-0.2, 0) is 24.0 Å². The lowest BCUT2D eigenvalue weighted by atomic mass is 9.47. The highest BCUT2D eigenvalue weighted by Crippen LogP contribution is 2.67. The predicted octanol–water partition coefficient (Wildman–Crippen LogP) is 2.96. The zero-order valence-electron chi connectivity index (χ0n) is 19.7. The highest BCUT2D eigenvalue weighted by atomic mass is 17.3. The van der Waals surface area contributed by atoms with Crippen LogP contribution in [0.1, 0.15) is 79.1 Å². The van der Waals surface area contributed by atoms with E-state index < -0.39 is 28.9 Å². The quantitative estimate of drug-likeness (QED) is 0.400. The topological polar surface area (TPSA) is 115 Å². The molecule has 0 aromatic rings. The highest BCUT2D eigenvalue weighted by molar-refractivity contribution is 5.83. The molecular formula is C23H38N2O7. The molecule has 5 rings (SSSR count). The monoisotopic (exact) mass is 454 g/mol. The second kappa shape index (κ2) is 8.42. The first kappa shape index (κ1) is 23.7. The number of amides is 2. The maximum Gasteiger partial charge on any atom is 0.407 e. The highest BCUT2D eigenvalue weighted by Gasteiger charge is 2.70. The zero-order valence-corrected chi connectivity index (χ0v) is 19.7. The molecular weight excluding hydrogens is 416 g/mol. The molecule has 0 radical (unpaired) electrons. The van der Waals surface area contributed by atoms with E-state index in [4.69, 9.17) is 19.2 Å². The summed E-state index contributed by atoms with van der Waals surface area (Å²) in [6, 6.07) is 0. The molecule has 0 aromatic heterocycles. The summed E-state index contributed by atoms with van der Waals surface area (Å²) < 4.78 is 11.3. The summed E-state index contributed by atoms with van der Waals surface area (Å²) in [6.07, 6.45) is 5.33. The number of carbonyl (C=O) groups excluding carboxylic acids is 2. The molecule has 3 unspecified atom stereocenters. The van der Waals surface area contributed by atoms with Crippen LogP contribution in [0.4, 0.5) is 4.79 Å². The Bertz CT molecular complexity index is 720. The molecule has 3 N–H and O–H groups in total. The third-order valence-electron chi connectivity index (χ3n) is 7.30. The molecule has 1 spiro atoms. The maximum absolute atomic E-state index is 13.2. The molecule has 4 bridgehead atoms. The minimum Gasteiger partial charge on any atom is -0.444 e. The Labute approximate surface area is 189 Å². The van der Waals surface area contributed by atoms with Gasteiger partial charge in [0.2, 0.25) is 11.7 Å². The SMILES string of the molecule is CCCC1(O)OOC2(O1)C1CC3CC2CC(C(=O)NCCCNC(=O)OC(C)(C)C)(C3)C1. The fourth-order valence-electron chi connectivity index (χ4n) is 6.31. The fourth-order valence-corrected chi connectivity index (χ4v) is 6.31. The van der Waals surface area contributed by atoms with Crippen molar-refractivity contribution < 1.29 is 33.9 Å². The van der Waals surface area contributed by atoms with Gasteiger partial charge >= 0.3 is 12.1 Å². The summed E-state index contributed by atoms with van der Waals surface area (Å²) in [7, 11) is 0. The average Bonchev–Trinajstić information content (AvgIpc) is 3.02. The minimum atomic E-state index is -1.69. The number of hydrogen-bond donors (Lipinski definition) is 3. The molecule has 4 saturated carbocycles. The van der Waals surface area contributed by atoms with Gasteiger partial charge in [-0.1, -0.05) is 6.92 Å². The van der Waals surface area contributed by atoms with Crippen LogP contribution in [-0.4, -0.2) is 47.6 Å². The lowest BCUT2D eigenvalue weighted by Crippen LogP contribution is -2.65. The first-order valence-electron chi connectivity index (χ1n) is 12.0. The average molecular weight is 455 g/mol. The van der Waals surface area contributed by atoms with Crippen molar-refractivity contribution in [3.63, 3.8) is 0 Å². The maximum atomic E-state index is 13.2. The van der Waals surface area contributed by atoms with Crippen LogP contribution in [0, 0.1) is 23.2 Å². The Kier molecular flexibility index (Phi) is 6.24. The number of nitrogens with one attached hydrogen (secondary N) is 2. The van der Waals surface area contributed by atoms with Gasteiger partial charge in [-0.05, 0) is 71.6 Å². The normalized spacial score (nSPS) is 40.0. The van der Waals surface area contributed by atoms with Crippen LogP contribution in [0.2, 0.25) is 0 Å². The standard InChI is InChI=1S/C23H38N2O7/c1-5-7-22(28)30-23(32-31-22)16-10-15-11-17(23)14-21(12-15,13-16)18(26)24-8-6-9-25-19(27)29-20(2,3)4/h15-17,28H,5-14H2,1-4H3,(H,24,26)(H,25,27). The van der Waals surface area contributed by atoms with E-state index in [1.54, 1.807) is 0 Å². The first-order chi connectivity index (χ1) is 15.0. The summed E-state index contributed by atoms with van der Waals surface area (Å²) in [5, 5.41) is 16.4. The predicted molar refractivity (Wildman–Crippen MR) is 114 cm³/mol. The summed E-state index contributed by atoms with van der Waals surface area (Å²) in [5.74, 6) is -2.04. The van der Waals surface area contributed by atoms with Crippen molar-refractivity contribution in [2.75, 3.05) is 13.1 Å². The van der Waals surface area contributed by atoms with Gasteiger partial charge in [0.1, 0.15) is 5.60 Å². The van der Waals surface area contributed by atoms with Gasteiger partial charge in [-0.25, -0.2) is 4.79 Å². The summed E-state index contributed by atoms with van der Waals surface area (Å²) in [4.78, 5) is 36.0. The van der Waals surface area contributed by atoms with E-state index in [0.717, 1.165) is 19.3 Å². The number of carbonyl (C=O) groups is 2. The van der Waals surface area contributed by atoms with Crippen LogP contribution < -0.4 is 10.6 Å². The van der Waals surface area contributed by atoms with Gasteiger partial charge in [0.15, 0.2) is 0 Å². The Hall–Kier alpha value is -1.42. The van der Waals surface area contributed by atoms with Gasteiger partial charge < -0.3 is 20.5 Å². The van der Waals surface area contributed by atoms with Gasteiger partial charge in [-0.15, -0.1) is 0 Å². The third-order valence-corrected chi connectivity index (χ3v) is 7.30. The Balaban J connectivity index is 1.30. The molecule has 5 fully saturated rings. The minimum absolute atomic E-state index is 0.0271. The Morgan fingerprint density at radius 1 is 1.06 bits per heavy atom. The number of rotatable bonds is 7. The number of ether oxygens (including phenoxy) is 2. The van der Waals surface area contributed by atoms with Gasteiger partial charge in [0, 0.05) is 31.3 Å². The van der Waals surface area contributed by atoms with Crippen LogP contribution in [0.15, 0.2) is 0 Å². The Morgan fingerprint density at radius 3 is 2.34 bits per heavy atom. The molecule has 1 heterocycles. The van der Waals surface area contributed by atoms with E-state index in [1.165, 1.54) is 0 Å². The molecule has 9 heteroatoms. The fraction of sp³-hybridized carbons (Fsp3) is 0.913. The van der Waals surface area contributed by atoms with Gasteiger partial charge in [0.25, 0.3) is 0 Å². The van der Waals surface area contributed by atoms with Gasteiger partial charge in [-0.2, -0.15) is 9.78 Å². The van der Waals surface area contributed by atoms with Gasteiger partial charge in [0.05, 0.1) is 5.41 Å². The van der Waals surface area contributed by atoms with Crippen LogP contribution >= 0.6 is 0 Å². The van der Waals surface area contributed by atoms with Crippen molar-refractivity contribution in [3.05, 3.63) is 0 Å². The number of aliphatic hydroxyl groups is 1. The molecule has 182 valence electrons. The van der Waals surface area contributed by atoms with Crippen molar-refractivity contribution in [1.29, 1.82) is 0 Å². The molecule has 0 aromatic carbocycles. The molecule has 9 nitrogen and oxygen atoms in total. The largest absolute Gasteiger partial charge is 0.444 e. The van der Waals surface area contributed by atoms with Crippen molar-refractivity contribution in [3.8, 4) is 0 Å². The number of hydrogen-bond acceptors (Lipinski definition) is 7. The van der Waals surface area contributed by atoms with Crippen molar-refractivity contribution in [2.24, 2.45) is 23.2 Å². The van der Waals surface area contributed by atoms with E-state index in [1.807, 2.05) is 27.7 Å². The molecule has 4 aliphatic carbocycles. The third kappa shape index (κ3) is 4.49. The van der Waals surface area contributed by atoms with E-state index >= 15 is 0 Å². The molecule has 5 aliphatic rings. The molecule has 3 atom stereocenters. The van der Waals surface area contributed by atoms with E-state index in [9.17, 15) is 14.7 Å². The van der Waals surface area contributed by atoms with Crippen molar-refractivity contribution in [2.45, 2.75) is 96.4 Å². The Morgan fingerprint density at radius 2 is 1.72 bits per heavy atom. The van der Waals surface area contributed by atoms with E-state index in [-0.39, 0.29) is 17.7 Å². The summed E-state index contributed by atoms with van der Waals surface area (Å²) in [5.41, 5.74) is -0.948. The van der Waals surface area contributed by atoms with E-state index in [0.29, 0.717) is 51.1 Å². The van der Waals surface area contributed by atoms with Crippen molar-refractivity contribution in [1.82, 2.24) is 10.6 Å². The lowest BCUT2D eigenvalue weighted by Gasteiger charge is -2.61. The number of alkyl carbamates (subject to hydrolysis) is 1. The summed E-state index contributed by atoms with van der Waals surface area (Å²) >= 11 is 0. The summed E-state index contributed by atoms with van der Waals surface area (Å²) in [6.45, 7) is 8.35. The van der Waals surface area contributed by atoms with E-state index in [2.05, 4.69) is 10.6 Å².